The van der Waals surface area contributed by atoms with Crippen molar-refractivity contribution in [3.05, 3.63) is 40.7 Å². The molecule has 0 bridgehead atoms. The Morgan fingerprint density at radius 1 is 1.24 bits per heavy atom. The summed E-state index contributed by atoms with van der Waals surface area (Å²) in [5, 5.41) is 15.4. The van der Waals surface area contributed by atoms with Gasteiger partial charge in [-0.05, 0) is 18.6 Å². The lowest BCUT2D eigenvalue weighted by Gasteiger charge is -2.04. The Morgan fingerprint density at radius 2 is 1.95 bits per heavy atom. The minimum absolute atomic E-state index is 0.0417. The normalized spacial score (nSPS) is 10.6. The molecule has 21 heavy (non-hydrogen) atoms. The number of amides is 1. The molecule has 2 rings (SSSR count). The van der Waals surface area contributed by atoms with E-state index in [0.717, 1.165) is 17.0 Å². The number of furan rings is 1. The fourth-order valence-corrected chi connectivity index (χ4v) is 1.97. The highest BCUT2D eigenvalue weighted by atomic mass is 16.5. The van der Waals surface area contributed by atoms with Crippen molar-refractivity contribution < 1.29 is 23.6 Å². The van der Waals surface area contributed by atoms with Gasteiger partial charge < -0.3 is 19.4 Å². The van der Waals surface area contributed by atoms with Gasteiger partial charge in [-0.3, -0.25) is 4.79 Å². The molecule has 0 atom stereocenters. The van der Waals surface area contributed by atoms with E-state index in [1.165, 1.54) is 12.1 Å². The second kappa shape index (κ2) is 6.25. The van der Waals surface area contributed by atoms with Gasteiger partial charge in [0.2, 0.25) is 5.76 Å². The lowest BCUT2D eigenvalue weighted by atomic mass is 10.1. The molecular formula is C14H16N2O5. The van der Waals surface area contributed by atoms with E-state index in [1.807, 2.05) is 13.8 Å². The molecule has 7 heteroatoms. The van der Waals surface area contributed by atoms with E-state index < -0.39 is 11.9 Å². The van der Waals surface area contributed by atoms with E-state index in [9.17, 15) is 9.59 Å². The first kappa shape index (κ1) is 14.8. The van der Waals surface area contributed by atoms with Crippen LogP contribution in [0.25, 0.3) is 0 Å². The molecule has 7 nitrogen and oxygen atoms in total. The van der Waals surface area contributed by atoms with Gasteiger partial charge >= 0.3 is 5.97 Å². The molecule has 0 spiro atoms. The fourth-order valence-electron chi connectivity index (χ4n) is 1.97. The SMILES string of the molecule is CCc1noc(CC)c1CNC(=O)c1ccc(C(=O)O)o1. The predicted octanol–water partition coefficient (Wildman–Crippen LogP) is 2.02. The maximum Gasteiger partial charge on any atom is 0.371 e. The zero-order chi connectivity index (χ0) is 15.4. The van der Waals surface area contributed by atoms with Crippen LogP contribution in [0.15, 0.2) is 21.1 Å². The Kier molecular flexibility index (Phi) is 4.42. The summed E-state index contributed by atoms with van der Waals surface area (Å²) in [6, 6.07) is 2.57. The smallest absolute Gasteiger partial charge is 0.371 e. The summed E-state index contributed by atoms with van der Waals surface area (Å²) in [4.78, 5) is 22.6. The maximum atomic E-state index is 11.9. The summed E-state index contributed by atoms with van der Waals surface area (Å²) in [7, 11) is 0. The van der Waals surface area contributed by atoms with Gasteiger partial charge in [-0.15, -0.1) is 0 Å². The van der Waals surface area contributed by atoms with Crippen molar-refractivity contribution in [1.29, 1.82) is 0 Å². The van der Waals surface area contributed by atoms with E-state index in [0.29, 0.717) is 12.8 Å². The first-order valence-electron chi connectivity index (χ1n) is 6.64. The van der Waals surface area contributed by atoms with E-state index >= 15 is 0 Å². The van der Waals surface area contributed by atoms with Gasteiger partial charge in [0.1, 0.15) is 5.76 Å². The highest BCUT2D eigenvalue weighted by molar-refractivity contribution is 5.93. The van der Waals surface area contributed by atoms with Crippen LogP contribution < -0.4 is 5.32 Å². The molecule has 0 fully saturated rings. The Morgan fingerprint density at radius 3 is 2.52 bits per heavy atom. The molecule has 0 aliphatic heterocycles. The van der Waals surface area contributed by atoms with Gasteiger partial charge in [0, 0.05) is 18.5 Å². The molecule has 2 aromatic rings. The van der Waals surface area contributed by atoms with Crippen LogP contribution in [-0.2, 0) is 19.4 Å². The molecule has 0 aromatic carbocycles. The van der Waals surface area contributed by atoms with E-state index in [-0.39, 0.29) is 18.1 Å². The number of carboxylic acids is 1. The molecular weight excluding hydrogens is 276 g/mol. The first-order valence-corrected chi connectivity index (χ1v) is 6.64. The van der Waals surface area contributed by atoms with Crippen molar-refractivity contribution in [2.24, 2.45) is 0 Å². The maximum absolute atomic E-state index is 11.9. The molecule has 1 amide bonds. The Bertz CT molecular complexity index is 635. The molecule has 0 aliphatic carbocycles. The standard InChI is InChI=1S/C14H16N2O5/c1-3-9-8(10(4-2)21-16-9)7-15-13(17)11-5-6-12(20-11)14(18)19/h5-6H,3-4,7H2,1-2H3,(H,15,17)(H,18,19). The van der Waals surface area contributed by atoms with Gasteiger partial charge in [0.15, 0.2) is 5.76 Å². The summed E-state index contributed by atoms with van der Waals surface area (Å²) in [6.07, 6.45) is 1.39. The van der Waals surface area contributed by atoms with Crippen LogP contribution in [0.1, 0.15) is 52.0 Å². The molecule has 0 saturated carbocycles. The molecule has 0 unspecified atom stereocenters. The number of nitrogens with zero attached hydrogens (tertiary/aromatic N) is 1. The molecule has 112 valence electrons. The first-order chi connectivity index (χ1) is 10.1. The number of aromatic carboxylic acids is 1. The fraction of sp³-hybridized carbons (Fsp3) is 0.357. The number of aryl methyl sites for hydroxylation is 2. The van der Waals surface area contributed by atoms with Crippen molar-refractivity contribution >= 4 is 11.9 Å². The van der Waals surface area contributed by atoms with Crippen LogP contribution in [0.5, 0.6) is 0 Å². The van der Waals surface area contributed by atoms with Crippen molar-refractivity contribution in [3.63, 3.8) is 0 Å². The van der Waals surface area contributed by atoms with Gasteiger partial charge in [0.25, 0.3) is 5.91 Å². The minimum Gasteiger partial charge on any atom is -0.475 e. The quantitative estimate of drug-likeness (QED) is 0.843. The van der Waals surface area contributed by atoms with E-state index in [2.05, 4.69) is 10.5 Å². The average Bonchev–Trinajstić information content (AvgIpc) is 3.10. The number of hydrogen-bond donors (Lipinski definition) is 2. The van der Waals surface area contributed by atoms with Crippen LogP contribution in [-0.4, -0.2) is 22.1 Å². The van der Waals surface area contributed by atoms with Crippen LogP contribution in [0.2, 0.25) is 0 Å². The van der Waals surface area contributed by atoms with Crippen LogP contribution >= 0.6 is 0 Å². The third kappa shape index (κ3) is 3.13. The number of nitrogens with one attached hydrogen (secondary N) is 1. The lowest BCUT2D eigenvalue weighted by Crippen LogP contribution is -2.23. The Labute approximate surface area is 120 Å². The Balaban J connectivity index is 2.07. The number of carbonyl (C=O) groups excluding carboxylic acids is 1. The highest BCUT2D eigenvalue weighted by Crippen LogP contribution is 2.16. The summed E-state index contributed by atoms with van der Waals surface area (Å²) in [5.74, 6) is -1.27. The van der Waals surface area contributed by atoms with Crippen LogP contribution in [0.4, 0.5) is 0 Å². The van der Waals surface area contributed by atoms with E-state index in [4.69, 9.17) is 14.0 Å². The van der Waals surface area contributed by atoms with Crippen molar-refractivity contribution in [2.45, 2.75) is 33.2 Å². The van der Waals surface area contributed by atoms with Crippen LogP contribution in [0.3, 0.4) is 0 Å². The number of aromatic nitrogens is 1. The second-order valence-electron chi connectivity index (χ2n) is 4.39. The van der Waals surface area contributed by atoms with Gasteiger partial charge in [0.05, 0.1) is 5.69 Å². The lowest BCUT2D eigenvalue weighted by molar-refractivity contribution is 0.0659. The largest absolute Gasteiger partial charge is 0.475 e. The van der Waals surface area contributed by atoms with Crippen molar-refractivity contribution in [2.75, 3.05) is 0 Å². The molecule has 2 heterocycles. The molecule has 0 aliphatic rings. The molecule has 2 aromatic heterocycles. The second-order valence-corrected chi connectivity index (χ2v) is 4.39. The zero-order valence-corrected chi connectivity index (χ0v) is 11.8. The van der Waals surface area contributed by atoms with E-state index in [1.54, 1.807) is 0 Å². The van der Waals surface area contributed by atoms with Gasteiger partial charge in [-0.2, -0.15) is 0 Å². The molecule has 0 saturated heterocycles. The van der Waals surface area contributed by atoms with Crippen LogP contribution in [0, 0.1) is 0 Å². The summed E-state index contributed by atoms with van der Waals surface area (Å²) < 4.78 is 10.1. The topological polar surface area (TPSA) is 106 Å². The van der Waals surface area contributed by atoms with Gasteiger partial charge in [-0.25, -0.2) is 4.79 Å². The Hall–Kier alpha value is -2.57. The number of rotatable bonds is 6. The summed E-state index contributed by atoms with van der Waals surface area (Å²) in [5.41, 5.74) is 1.66. The third-order valence-electron chi connectivity index (χ3n) is 3.07. The monoisotopic (exact) mass is 292 g/mol. The molecule has 0 radical (unpaired) electrons. The van der Waals surface area contributed by atoms with Gasteiger partial charge in [-0.1, -0.05) is 19.0 Å². The highest BCUT2D eigenvalue weighted by Gasteiger charge is 2.17. The van der Waals surface area contributed by atoms with Crippen molar-refractivity contribution in [3.8, 4) is 0 Å². The minimum atomic E-state index is -1.21. The average molecular weight is 292 g/mol. The third-order valence-corrected chi connectivity index (χ3v) is 3.07. The number of carbonyl (C=O) groups is 2. The van der Waals surface area contributed by atoms with Crippen molar-refractivity contribution in [1.82, 2.24) is 10.5 Å². The predicted molar refractivity (Wildman–Crippen MR) is 72.1 cm³/mol. The number of hydrogen-bond acceptors (Lipinski definition) is 5. The summed E-state index contributed by atoms with van der Waals surface area (Å²) in [6.45, 7) is 4.16. The summed E-state index contributed by atoms with van der Waals surface area (Å²) >= 11 is 0. The zero-order valence-electron chi connectivity index (χ0n) is 11.8. The number of carboxylic acid groups (broad SMARTS) is 1. The molecule has 2 N–H and O–H groups in total.